The Morgan fingerprint density at radius 1 is 0.950 bits per heavy atom. The van der Waals surface area contributed by atoms with Gasteiger partial charge in [0.1, 0.15) is 0 Å². The maximum Gasteiger partial charge on any atom is 0.240 e. The van der Waals surface area contributed by atoms with Gasteiger partial charge in [0.05, 0.1) is 4.90 Å². The van der Waals surface area contributed by atoms with Gasteiger partial charge in [-0.2, -0.15) is 0 Å². The van der Waals surface area contributed by atoms with Gasteiger partial charge in [-0.25, -0.2) is 13.1 Å². The predicted octanol–water partition coefficient (Wildman–Crippen LogP) is 3.51. The minimum Gasteiger partial charge on any atom is -0.211 e. The van der Waals surface area contributed by atoms with Crippen molar-refractivity contribution < 1.29 is 8.42 Å². The van der Waals surface area contributed by atoms with E-state index in [2.05, 4.69) is 4.72 Å². The molecular weight excluding hydrogens is 317 g/mol. The van der Waals surface area contributed by atoms with Gasteiger partial charge in [0, 0.05) is 16.6 Å². The zero-order valence-electron chi connectivity index (χ0n) is 10.5. The van der Waals surface area contributed by atoms with Gasteiger partial charge in [-0.3, -0.25) is 0 Å². The summed E-state index contributed by atoms with van der Waals surface area (Å²) in [5, 5.41) is 1.05. The number of hydrogen-bond donors (Lipinski definition) is 1. The molecule has 0 aliphatic rings. The van der Waals surface area contributed by atoms with Crippen LogP contribution in [0.5, 0.6) is 0 Å². The second kappa shape index (κ2) is 6.59. The van der Waals surface area contributed by atoms with Gasteiger partial charge < -0.3 is 0 Å². The number of benzene rings is 2. The topological polar surface area (TPSA) is 46.2 Å². The molecule has 0 aliphatic carbocycles. The lowest BCUT2D eigenvalue weighted by Crippen LogP contribution is -2.25. The zero-order valence-corrected chi connectivity index (χ0v) is 12.8. The number of rotatable bonds is 5. The van der Waals surface area contributed by atoms with E-state index in [1.807, 2.05) is 12.1 Å². The Balaban J connectivity index is 1.98. The lowest BCUT2D eigenvalue weighted by Gasteiger charge is -2.07. The molecule has 0 saturated carbocycles. The molecule has 0 amide bonds. The van der Waals surface area contributed by atoms with Crippen molar-refractivity contribution in [2.45, 2.75) is 11.3 Å². The Morgan fingerprint density at radius 2 is 1.65 bits per heavy atom. The molecule has 0 atom stereocenters. The zero-order chi connectivity index (χ0) is 14.6. The summed E-state index contributed by atoms with van der Waals surface area (Å²) in [7, 11) is -3.52. The molecule has 0 unspecified atom stereocenters. The van der Waals surface area contributed by atoms with Crippen molar-refractivity contribution in [1.29, 1.82) is 0 Å². The third-order valence-corrected chi connectivity index (χ3v) is 4.67. The van der Waals surface area contributed by atoms with Gasteiger partial charge in [-0.1, -0.05) is 41.4 Å². The summed E-state index contributed by atoms with van der Waals surface area (Å²) in [5.74, 6) is 0. The quantitative estimate of drug-likeness (QED) is 0.912. The van der Waals surface area contributed by atoms with Crippen LogP contribution in [0, 0.1) is 0 Å². The van der Waals surface area contributed by atoms with Crippen molar-refractivity contribution in [2.75, 3.05) is 6.54 Å². The Hall–Kier alpha value is -1.07. The van der Waals surface area contributed by atoms with Crippen molar-refractivity contribution in [3.8, 4) is 0 Å². The summed E-state index contributed by atoms with van der Waals surface area (Å²) < 4.78 is 26.6. The van der Waals surface area contributed by atoms with E-state index < -0.39 is 10.0 Å². The molecule has 0 bridgehead atoms. The van der Waals surface area contributed by atoms with E-state index in [9.17, 15) is 8.42 Å². The lowest BCUT2D eigenvalue weighted by atomic mass is 10.2. The Morgan fingerprint density at radius 3 is 2.30 bits per heavy atom. The SMILES string of the molecule is O=S(=O)(NCCc1ccc(Cl)cc1)c1cccc(Cl)c1. The summed E-state index contributed by atoms with van der Waals surface area (Å²) in [6.45, 7) is 0.316. The maximum atomic E-state index is 12.0. The minimum atomic E-state index is -3.52. The fraction of sp³-hybridized carbons (Fsp3) is 0.143. The van der Waals surface area contributed by atoms with E-state index in [1.165, 1.54) is 12.1 Å². The highest BCUT2D eigenvalue weighted by atomic mass is 35.5. The van der Waals surface area contributed by atoms with E-state index in [0.717, 1.165) is 5.56 Å². The number of nitrogens with one attached hydrogen (secondary N) is 1. The Kier molecular flexibility index (Phi) is 5.05. The van der Waals surface area contributed by atoms with Crippen LogP contribution >= 0.6 is 23.2 Å². The van der Waals surface area contributed by atoms with Crippen molar-refractivity contribution in [3.05, 3.63) is 64.1 Å². The molecule has 20 heavy (non-hydrogen) atoms. The standard InChI is InChI=1S/C14H13Cl2NO2S/c15-12-6-4-11(5-7-12)8-9-17-20(18,19)14-3-1-2-13(16)10-14/h1-7,10,17H,8-9H2. The second-order valence-corrected chi connectivity index (χ2v) is 6.87. The van der Waals surface area contributed by atoms with Gasteiger partial charge in [0.25, 0.3) is 0 Å². The number of sulfonamides is 1. The van der Waals surface area contributed by atoms with Crippen LogP contribution in [0.4, 0.5) is 0 Å². The Labute approximate surface area is 128 Å². The van der Waals surface area contributed by atoms with E-state index in [1.54, 1.807) is 24.3 Å². The molecule has 0 aliphatic heterocycles. The largest absolute Gasteiger partial charge is 0.240 e. The highest BCUT2D eigenvalue weighted by Gasteiger charge is 2.13. The van der Waals surface area contributed by atoms with Crippen molar-refractivity contribution >= 4 is 33.2 Å². The molecule has 3 nitrogen and oxygen atoms in total. The smallest absolute Gasteiger partial charge is 0.211 e. The average molecular weight is 330 g/mol. The molecule has 0 radical (unpaired) electrons. The molecule has 2 aromatic carbocycles. The predicted molar refractivity (Wildman–Crippen MR) is 81.8 cm³/mol. The van der Waals surface area contributed by atoms with Gasteiger partial charge in [0.15, 0.2) is 0 Å². The molecule has 0 heterocycles. The highest BCUT2D eigenvalue weighted by Crippen LogP contribution is 2.15. The summed E-state index contributed by atoms with van der Waals surface area (Å²) in [5.41, 5.74) is 1.02. The van der Waals surface area contributed by atoms with Crippen LogP contribution in [0.2, 0.25) is 10.0 Å². The molecule has 106 valence electrons. The molecule has 0 fully saturated rings. The van der Waals surface area contributed by atoms with Crippen LogP contribution in [0.1, 0.15) is 5.56 Å². The van der Waals surface area contributed by atoms with Gasteiger partial charge >= 0.3 is 0 Å². The van der Waals surface area contributed by atoms with Crippen molar-refractivity contribution in [3.63, 3.8) is 0 Å². The van der Waals surface area contributed by atoms with Crippen molar-refractivity contribution in [2.24, 2.45) is 0 Å². The lowest BCUT2D eigenvalue weighted by molar-refractivity contribution is 0.581. The molecule has 0 aromatic heterocycles. The summed E-state index contributed by atoms with van der Waals surface area (Å²) in [4.78, 5) is 0.168. The number of hydrogen-bond acceptors (Lipinski definition) is 2. The van der Waals surface area contributed by atoms with Gasteiger partial charge in [0.2, 0.25) is 10.0 Å². The number of halogens is 2. The van der Waals surface area contributed by atoms with E-state index in [4.69, 9.17) is 23.2 Å². The maximum absolute atomic E-state index is 12.0. The highest BCUT2D eigenvalue weighted by molar-refractivity contribution is 7.89. The van der Waals surface area contributed by atoms with E-state index in [0.29, 0.717) is 23.0 Å². The van der Waals surface area contributed by atoms with E-state index in [-0.39, 0.29) is 4.90 Å². The first kappa shape index (κ1) is 15.3. The third-order valence-electron chi connectivity index (χ3n) is 2.73. The molecule has 0 saturated heterocycles. The van der Waals surface area contributed by atoms with Gasteiger partial charge in [-0.15, -0.1) is 0 Å². The molecular formula is C14H13Cl2NO2S. The normalized spacial score (nSPS) is 11.5. The second-order valence-electron chi connectivity index (χ2n) is 4.23. The molecule has 6 heteroatoms. The Bertz CT molecular complexity index is 685. The van der Waals surface area contributed by atoms with Crippen molar-refractivity contribution in [1.82, 2.24) is 4.72 Å². The minimum absolute atomic E-state index is 0.168. The van der Waals surface area contributed by atoms with Crippen LogP contribution in [0.25, 0.3) is 0 Å². The fourth-order valence-electron chi connectivity index (χ4n) is 1.70. The van der Waals surface area contributed by atoms with Gasteiger partial charge in [-0.05, 0) is 42.3 Å². The molecule has 2 rings (SSSR count). The molecule has 0 spiro atoms. The third kappa shape index (κ3) is 4.21. The molecule has 1 N–H and O–H groups in total. The van der Waals surface area contributed by atoms with Crippen LogP contribution < -0.4 is 4.72 Å². The molecule has 2 aromatic rings. The monoisotopic (exact) mass is 329 g/mol. The van der Waals surface area contributed by atoms with Crippen LogP contribution in [0.3, 0.4) is 0 Å². The fourth-order valence-corrected chi connectivity index (χ4v) is 3.16. The average Bonchev–Trinajstić information content (AvgIpc) is 2.41. The van der Waals surface area contributed by atoms with E-state index >= 15 is 0 Å². The van der Waals surface area contributed by atoms with Crippen LogP contribution in [0.15, 0.2) is 53.4 Å². The first-order valence-electron chi connectivity index (χ1n) is 5.97. The van der Waals surface area contributed by atoms with Crippen LogP contribution in [-0.2, 0) is 16.4 Å². The summed E-state index contributed by atoms with van der Waals surface area (Å²) in [6, 6.07) is 13.5. The summed E-state index contributed by atoms with van der Waals surface area (Å²) >= 11 is 11.6. The first-order chi connectivity index (χ1) is 9.47. The first-order valence-corrected chi connectivity index (χ1v) is 8.21. The summed E-state index contributed by atoms with van der Waals surface area (Å²) in [6.07, 6.45) is 0.594. The van der Waals surface area contributed by atoms with Crippen LogP contribution in [-0.4, -0.2) is 15.0 Å².